The highest BCUT2D eigenvalue weighted by molar-refractivity contribution is 6.01. The third kappa shape index (κ3) is 7.96. The fourth-order valence-electron chi connectivity index (χ4n) is 6.10. The lowest BCUT2D eigenvalue weighted by molar-refractivity contribution is -0.123. The van der Waals surface area contributed by atoms with E-state index < -0.39 is 24.0 Å². The quantitative estimate of drug-likeness (QED) is 0.254. The lowest BCUT2D eigenvalue weighted by Gasteiger charge is -2.21. The molecule has 12 heteroatoms. The van der Waals surface area contributed by atoms with Crippen LogP contribution in [0.4, 0.5) is 4.39 Å². The highest BCUT2D eigenvalue weighted by atomic mass is 19.1. The number of benzene rings is 4. The summed E-state index contributed by atoms with van der Waals surface area (Å²) in [5.74, 6) is -1.29. The molecule has 4 aromatic carbocycles. The number of rotatable bonds is 5. The Hall–Kier alpha value is -6.30. The first-order valence-corrected chi connectivity index (χ1v) is 16.6. The van der Waals surface area contributed by atoms with Crippen LogP contribution in [0.3, 0.4) is 0 Å². The zero-order chi connectivity index (χ0) is 35.3. The monoisotopic (exact) mass is 687 g/mol. The SMILES string of the molecule is O=C1COc2cc(C(=O)NCCc3ccc(F)cc3)cc(c2)C(=O)N[C@H]2CN(C(=O)c3cnc4ccccc4c3)C[C@@H]2Oc2ccc(cc2)CN1. The number of nitrogens with one attached hydrogen (secondary N) is 3. The van der Waals surface area contributed by atoms with Crippen LogP contribution in [0.25, 0.3) is 10.9 Å². The van der Waals surface area contributed by atoms with E-state index in [1.165, 1.54) is 30.3 Å². The number of fused-ring (bicyclic) bond motifs is 8. The van der Waals surface area contributed by atoms with E-state index in [1.54, 1.807) is 41.4 Å². The molecule has 0 saturated carbocycles. The smallest absolute Gasteiger partial charge is 0.258 e. The summed E-state index contributed by atoms with van der Waals surface area (Å²) in [6.45, 7) is 0.517. The van der Waals surface area contributed by atoms with Gasteiger partial charge in [0.15, 0.2) is 6.61 Å². The van der Waals surface area contributed by atoms with Crippen LogP contribution < -0.4 is 25.4 Å². The molecule has 1 saturated heterocycles. The van der Waals surface area contributed by atoms with Gasteiger partial charge in [0.1, 0.15) is 23.4 Å². The molecule has 2 atom stereocenters. The number of pyridine rings is 1. The highest BCUT2D eigenvalue weighted by Gasteiger charge is 2.38. The molecule has 4 heterocycles. The summed E-state index contributed by atoms with van der Waals surface area (Å²) >= 11 is 0. The Morgan fingerprint density at radius 1 is 0.902 bits per heavy atom. The van der Waals surface area contributed by atoms with E-state index in [0.29, 0.717) is 17.7 Å². The van der Waals surface area contributed by atoms with Crippen molar-refractivity contribution >= 4 is 34.5 Å². The maximum Gasteiger partial charge on any atom is 0.258 e. The van der Waals surface area contributed by atoms with Gasteiger partial charge in [0, 0.05) is 42.3 Å². The number of aromatic nitrogens is 1. The highest BCUT2D eigenvalue weighted by Crippen LogP contribution is 2.24. The van der Waals surface area contributed by atoms with Gasteiger partial charge in [0.05, 0.1) is 23.7 Å². The van der Waals surface area contributed by atoms with E-state index in [4.69, 9.17) is 9.47 Å². The maximum atomic E-state index is 13.9. The summed E-state index contributed by atoms with van der Waals surface area (Å²) in [5, 5.41) is 9.47. The molecule has 5 aromatic rings. The minimum atomic E-state index is -0.619. The largest absolute Gasteiger partial charge is 0.486 e. The zero-order valence-electron chi connectivity index (χ0n) is 27.4. The number of halogens is 1. The Morgan fingerprint density at radius 2 is 1.71 bits per heavy atom. The minimum absolute atomic E-state index is 0.118. The van der Waals surface area contributed by atoms with Crippen molar-refractivity contribution < 1.29 is 33.0 Å². The van der Waals surface area contributed by atoms with Gasteiger partial charge < -0.3 is 30.3 Å². The molecule has 0 spiro atoms. The average molecular weight is 688 g/mol. The van der Waals surface area contributed by atoms with Crippen LogP contribution in [0.5, 0.6) is 11.5 Å². The summed E-state index contributed by atoms with van der Waals surface area (Å²) in [4.78, 5) is 59.6. The molecule has 0 radical (unpaired) electrons. The van der Waals surface area contributed by atoms with Gasteiger partial charge in [0.25, 0.3) is 23.6 Å². The summed E-state index contributed by atoms with van der Waals surface area (Å²) in [6, 6.07) is 26.3. The van der Waals surface area contributed by atoms with Gasteiger partial charge in [-0.15, -0.1) is 0 Å². The number of amides is 4. The Labute approximate surface area is 292 Å². The topological polar surface area (TPSA) is 139 Å². The van der Waals surface area contributed by atoms with Crippen molar-refractivity contribution in [3.05, 3.63) is 137 Å². The molecule has 0 aliphatic carbocycles. The van der Waals surface area contributed by atoms with Gasteiger partial charge in [-0.3, -0.25) is 24.2 Å². The molecule has 51 heavy (non-hydrogen) atoms. The number of carbonyl (C=O) groups is 4. The number of hydrogen-bond acceptors (Lipinski definition) is 7. The molecule has 4 amide bonds. The lowest BCUT2D eigenvalue weighted by atomic mass is 10.1. The van der Waals surface area contributed by atoms with E-state index in [-0.39, 0.29) is 67.3 Å². The summed E-state index contributed by atoms with van der Waals surface area (Å²) in [6.07, 6.45) is 1.40. The number of ether oxygens (including phenoxy) is 2. The number of nitrogens with zero attached hydrogens (tertiary/aromatic N) is 2. The molecule has 0 unspecified atom stereocenters. The second-order valence-corrected chi connectivity index (χ2v) is 12.5. The zero-order valence-corrected chi connectivity index (χ0v) is 27.4. The molecular weight excluding hydrogens is 653 g/mol. The molecule has 4 bridgehead atoms. The molecule has 3 N–H and O–H groups in total. The second-order valence-electron chi connectivity index (χ2n) is 12.5. The minimum Gasteiger partial charge on any atom is -0.486 e. The van der Waals surface area contributed by atoms with Crippen LogP contribution in [0.1, 0.15) is 42.2 Å². The molecule has 1 fully saturated rings. The van der Waals surface area contributed by atoms with Crippen molar-refractivity contribution in [1.82, 2.24) is 25.8 Å². The fraction of sp³-hybridized carbons (Fsp3) is 0.205. The van der Waals surface area contributed by atoms with E-state index in [2.05, 4.69) is 20.9 Å². The van der Waals surface area contributed by atoms with Crippen molar-refractivity contribution in [2.75, 3.05) is 26.2 Å². The van der Waals surface area contributed by atoms with Crippen molar-refractivity contribution in [3.63, 3.8) is 0 Å². The van der Waals surface area contributed by atoms with Gasteiger partial charge in [-0.2, -0.15) is 0 Å². The van der Waals surface area contributed by atoms with E-state index >= 15 is 0 Å². The predicted molar refractivity (Wildman–Crippen MR) is 186 cm³/mol. The van der Waals surface area contributed by atoms with E-state index in [0.717, 1.165) is 22.0 Å². The number of hydrogen-bond donors (Lipinski definition) is 3. The predicted octanol–water partition coefficient (Wildman–Crippen LogP) is 4.06. The summed E-state index contributed by atoms with van der Waals surface area (Å²) < 4.78 is 25.4. The molecule has 1 aromatic heterocycles. The van der Waals surface area contributed by atoms with Gasteiger partial charge in [-0.05, 0) is 72.1 Å². The summed E-state index contributed by atoms with van der Waals surface area (Å²) in [7, 11) is 0. The second kappa shape index (κ2) is 14.7. The maximum absolute atomic E-state index is 13.9. The Kier molecular flexibility index (Phi) is 9.55. The van der Waals surface area contributed by atoms with Crippen LogP contribution in [0, 0.1) is 5.82 Å². The normalized spacial score (nSPS) is 17.4. The first-order chi connectivity index (χ1) is 24.8. The number of carbonyl (C=O) groups excluding carboxylic acids is 4. The molecule has 3 aliphatic rings. The van der Waals surface area contributed by atoms with E-state index in [9.17, 15) is 23.6 Å². The van der Waals surface area contributed by atoms with Crippen molar-refractivity contribution in [3.8, 4) is 11.5 Å². The Balaban J connectivity index is 1.14. The van der Waals surface area contributed by atoms with E-state index in [1.807, 2.05) is 36.4 Å². The van der Waals surface area contributed by atoms with Crippen molar-refractivity contribution in [2.45, 2.75) is 25.1 Å². The molecule has 8 rings (SSSR count). The van der Waals surface area contributed by atoms with Gasteiger partial charge in [-0.1, -0.05) is 42.5 Å². The number of likely N-dealkylation sites (tertiary alicyclic amines) is 1. The van der Waals surface area contributed by atoms with Crippen LogP contribution >= 0.6 is 0 Å². The molecule has 258 valence electrons. The Bertz CT molecular complexity index is 2110. The fourth-order valence-corrected chi connectivity index (χ4v) is 6.10. The van der Waals surface area contributed by atoms with Gasteiger partial charge in [-0.25, -0.2) is 4.39 Å². The van der Waals surface area contributed by atoms with Crippen molar-refractivity contribution in [2.24, 2.45) is 0 Å². The average Bonchev–Trinajstić information content (AvgIpc) is 3.54. The first kappa shape index (κ1) is 33.2. The standard InChI is InChI=1S/C39H34FN5O6/c40-30-9-5-24(6-10-30)13-14-41-37(47)27-16-28-18-32(17-27)50-23-36(46)43-19-25-7-11-31(12-8-25)51-35-22-45(21-34(35)44-38(28)48)39(49)29-15-26-3-1-2-4-33(26)42-20-29/h1-12,15-18,20,34-35H,13-14,19,21-23H2,(H,41,47)(H,43,46)(H,44,48)/t34-,35-/m0/s1. The van der Waals surface area contributed by atoms with Gasteiger partial charge in [0.2, 0.25) is 0 Å². The molecule has 3 aliphatic heterocycles. The first-order valence-electron chi connectivity index (χ1n) is 16.6. The lowest BCUT2D eigenvalue weighted by Crippen LogP contribution is -2.45. The Morgan fingerprint density at radius 3 is 2.53 bits per heavy atom. The van der Waals surface area contributed by atoms with Crippen LogP contribution in [-0.4, -0.2) is 71.9 Å². The third-order valence-electron chi connectivity index (χ3n) is 8.82. The van der Waals surface area contributed by atoms with Crippen molar-refractivity contribution in [1.29, 1.82) is 0 Å². The van der Waals surface area contributed by atoms with Crippen LogP contribution in [0.15, 0.2) is 103 Å². The molecular formula is C39H34FN5O6. The third-order valence-corrected chi connectivity index (χ3v) is 8.82. The van der Waals surface area contributed by atoms with Gasteiger partial charge >= 0.3 is 0 Å². The van der Waals surface area contributed by atoms with Crippen LogP contribution in [-0.2, 0) is 17.8 Å². The number of para-hydroxylation sites is 1. The summed E-state index contributed by atoms with van der Waals surface area (Å²) in [5.41, 5.74) is 3.13. The van der Waals surface area contributed by atoms with Crippen LogP contribution in [0.2, 0.25) is 0 Å². The molecule has 11 nitrogen and oxygen atoms in total.